The van der Waals surface area contributed by atoms with E-state index in [1.807, 2.05) is 0 Å². The van der Waals surface area contributed by atoms with E-state index < -0.39 is 10.0 Å². The summed E-state index contributed by atoms with van der Waals surface area (Å²) in [6.45, 7) is 1.78. The molecule has 0 bridgehead atoms. The van der Waals surface area contributed by atoms with E-state index in [2.05, 4.69) is 4.72 Å². The van der Waals surface area contributed by atoms with Gasteiger partial charge in [-0.15, -0.1) is 0 Å². The zero-order valence-electron chi connectivity index (χ0n) is 10.5. The number of nitrogens with one attached hydrogen (secondary N) is 1. The van der Waals surface area contributed by atoms with Crippen molar-refractivity contribution < 1.29 is 12.8 Å². The topological polar surface area (TPSA) is 85.3 Å². The van der Waals surface area contributed by atoms with Crippen molar-refractivity contribution in [2.45, 2.75) is 18.4 Å². The fourth-order valence-corrected chi connectivity index (χ4v) is 3.66. The number of halogens is 2. The van der Waals surface area contributed by atoms with Crippen molar-refractivity contribution in [3.63, 3.8) is 0 Å². The molecule has 0 saturated heterocycles. The SMILES string of the molecule is Cc1ccc(CNS(=O)(=O)c2c(N)cc(Cl)cc2Cl)o1. The van der Waals surface area contributed by atoms with Gasteiger partial charge in [-0.25, -0.2) is 13.1 Å². The van der Waals surface area contributed by atoms with E-state index in [1.165, 1.54) is 12.1 Å². The number of anilines is 1. The standard InChI is InChI=1S/C12H12Cl2N2O3S/c1-7-2-3-9(19-7)6-16-20(17,18)12-10(14)4-8(13)5-11(12)15/h2-5,16H,6,15H2,1H3. The number of hydrogen-bond donors (Lipinski definition) is 2. The van der Waals surface area contributed by atoms with Crippen LogP contribution in [0.1, 0.15) is 11.5 Å². The van der Waals surface area contributed by atoms with Gasteiger partial charge in [0.1, 0.15) is 16.4 Å². The average Bonchev–Trinajstić information content (AvgIpc) is 2.71. The molecule has 0 spiro atoms. The predicted octanol–water partition coefficient (Wildman–Crippen LogP) is 2.96. The van der Waals surface area contributed by atoms with Gasteiger partial charge in [-0.05, 0) is 31.2 Å². The molecule has 108 valence electrons. The first kappa shape index (κ1) is 15.2. The zero-order chi connectivity index (χ0) is 14.9. The van der Waals surface area contributed by atoms with E-state index in [0.29, 0.717) is 11.5 Å². The normalized spacial score (nSPS) is 11.8. The van der Waals surface area contributed by atoms with Crippen LogP contribution in [0, 0.1) is 6.92 Å². The maximum Gasteiger partial charge on any atom is 0.244 e. The minimum absolute atomic E-state index is 0.00850. The van der Waals surface area contributed by atoms with Crippen LogP contribution in [0.5, 0.6) is 0 Å². The van der Waals surface area contributed by atoms with Crippen LogP contribution in [-0.4, -0.2) is 8.42 Å². The van der Waals surface area contributed by atoms with E-state index in [9.17, 15) is 8.42 Å². The molecule has 2 aromatic rings. The molecule has 0 unspecified atom stereocenters. The van der Waals surface area contributed by atoms with Crippen molar-refractivity contribution in [1.82, 2.24) is 4.72 Å². The molecule has 3 N–H and O–H groups in total. The summed E-state index contributed by atoms with van der Waals surface area (Å²) in [5, 5.41) is 0.242. The van der Waals surface area contributed by atoms with Crippen LogP contribution in [0.25, 0.3) is 0 Å². The number of furan rings is 1. The average molecular weight is 335 g/mol. The Kier molecular flexibility index (Phi) is 4.29. The molecule has 0 fully saturated rings. The van der Waals surface area contributed by atoms with Crippen molar-refractivity contribution in [3.05, 3.63) is 45.8 Å². The highest BCUT2D eigenvalue weighted by molar-refractivity contribution is 7.89. The predicted molar refractivity (Wildman–Crippen MR) is 78.3 cm³/mol. The summed E-state index contributed by atoms with van der Waals surface area (Å²) in [7, 11) is -3.85. The van der Waals surface area contributed by atoms with Gasteiger partial charge in [0, 0.05) is 5.02 Å². The number of nitrogen functional groups attached to an aromatic ring is 1. The fraction of sp³-hybridized carbons (Fsp3) is 0.167. The second-order valence-corrected chi connectivity index (χ2v) is 6.69. The number of aryl methyl sites for hydroxylation is 1. The molecule has 8 heteroatoms. The van der Waals surface area contributed by atoms with Crippen molar-refractivity contribution >= 4 is 38.9 Å². The molecule has 0 aliphatic rings. The van der Waals surface area contributed by atoms with Crippen molar-refractivity contribution in [3.8, 4) is 0 Å². The smallest absolute Gasteiger partial charge is 0.244 e. The monoisotopic (exact) mass is 334 g/mol. The third kappa shape index (κ3) is 3.27. The molecule has 0 aliphatic carbocycles. The van der Waals surface area contributed by atoms with E-state index in [4.69, 9.17) is 33.4 Å². The van der Waals surface area contributed by atoms with E-state index in [-0.39, 0.29) is 27.2 Å². The first-order valence-electron chi connectivity index (χ1n) is 5.59. The Morgan fingerprint density at radius 3 is 2.55 bits per heavy atom. The second-order valence-electron chi connectivity index (χ2n) is 4.14. The molecule has 0 amide bonds. The highest BCUT2D eigenvalue weighted by Gasteiger charge is 2.22. The van der Waals surface area contributed by atoms with Crippen LogP contribution in [0.2, 0.25) is 10.0 Å². The lowest BCUT2D eigenvalue weighted by Crippen LogP contribution is -2.24. The summed E-state index contributed by atoms with van der Waals surface area (Å²) in [5.41, 5.74) is 5.66. The summed E-state index contributed by atoms with van der Waals surface area (Å²) < 4.78 is 32.1. The molecule has 2 rings (SSSR count). The summed E-state index contributed by atoms with van der Waals surface area (Å²) >= 11 is 11.7. The third-order valence-electron chi connectivity index (χ3n) is 2.54. The van der Waals surface area contributed by atoms with Gasteiger partial charge in [-0.1, -0.05) is 23.2 Å². The molecule has 0 aliphatic heterocycles. The number of benzene rings is 1. The quantitative estimate of drug-likeness (QED) is 0.841. The first-order chi connectivity index (χ1) is 9.29. The lowest BCUT2D eigenvalue weighted by molar-refractivity contribution is 0.475. The Bertz CT molecular complexity index is 718. The van der Waals surface area contributed by atoms with Gasteiger partial charge >= 0.3 is 0 Å². The lowest BCUT2D eigenvalue weighted by atomic mass is 10.3. The van der Waals surface area contributed by atoms with Crippen LogP contribution in [-0.2, 0) is 16.6 Å². The Hall–Kier alpha value is -1.21. The maximum atomic E-state index is 12.2. The number of nitrogens with two attached hydrogens (primary N) is 1. The molecule has 1 aromatic carbocycles. The summed E-state index contributed by atoms with van der Waals surface area (Å²) in [6.07, 6.45) is 0. The lowest BCUT2D eigenvalue weighted by Gasteiger charge is -2.10. The first-order valence-corrected chi connectivity index (χ1v) is 7.83. The molecular formula is C12H12Cl2N2O3S. The van der Waals surface area contributed by atoms with Gasteiger partial charge in [-0.3, -0.25) is 0 Å². The Morgan fingerprint density at radius 1 is 1.30 bits per heavy atom. The molecule has 0 radical (unpaired) electrons. The Labute approximate surface area is 126 Å². The molecule has 0 saturated carbocycles. The van der Waals surface area contributed by atoms with Crippen LogP contribution >= 0.6 is 23.2 Å². The van der Waals surface area contributed by atoms with Crippen LogP contribution in [0.3, 0.4) is 0 Å². The fourth-order valence-electron chi connectivity index (χ4n) is 1.68. The van der Waals surface area contributed by atoms with Crippen LogP contribution in [0.15, 0.2) is 33.6 Å². The van der Waals surface area contributed by atoms with E-state index in [1.54, 1.807) is 19.1 Å². The van der Waals surface area contributed by atoms with E-state index in [0.717, 1.165) is 0 Å². The van der Waals surface area contributed by atoms with Gasteiger partial charge in [0.2, 0.25) is 10.0 Å². The molecular weight excluding hydrogens is 323 g/mol. The van der Waals surface area contributed by atoms with Gasteiger partial charge in [0.15, 0.2) is 0 Å². The molecule has 1 heterocycles. The summed E-state index contributed by atoms with van der Waals surface area (Å²) in [4.78, 5) is -0.188. The molecule has 1 aromatic heterocycles. The third-order valence-corrected chi connectivity index (χ3v) is 4.68. The number of rotatable bonds is 4. The van der Waals surface area contributed by atoms with Crippen LogP contribution < -0.4 is 10.5 Å². The number of sulfonamides is 1. The highest BCUT2D eigenvalue weighted by atomic mass is 35.5. The van der Waals surface area contributed by atoms with E-state index >= 15 is 0 Å². The minimum Gasteiger partial charge on any atom is -0.465 e. The minimum atomic E-state index is -3.85. The largest absolute Gasteiger partial charge is 0.465 e. The molecule has 5 nitrogen and oxygen atoms in total. The highest BCUT2D eigenvalue weighted by Crippen LogP contribution is 2.31. The van der Waals surface area contributed by atoms with Crippen molar-refractivity contribution in [2.24, 2.45) is 0 Å². The van der Waals surface area contributed by atoms with Crippen LogP contribution in [0.4, 0.5) is 5.69 Å². The summed E-state index contributed by atoms with van der Waals surface area (Å²) in [6, 6.07) is 6.09. The zero-order valence-corrected chi connectivity index (χ0v) is 12.8. The molecule has 20 heavy (non-hydrogen) atoms. The molecule has 0 atom stereocenters. The van der Waals surface area contributed by atoms with Gasteiger partial charge in [0.05, 0.1) is 17.3 Å². The number of hydrogen-bond acceptors (Lipinski definition) is 4. The Morgan fingerprint density at radius 2 is 2.00 bits per heavy atom. The van der Waals surface area contributed by atoms with Gasteiger partial charge in [0.25, 0.3) is 0 Å². The van der Waals surface area contributed by atoms with Crippen molar-refractivity contribution in [2.75, 3.05) is 5.73 Å². The van der Waals surface area contributed by atoms with Gasteiger partial charge in [-0.2, -0.15) is 0 Å². The Balaban J connectivity index is 2.27. The van der Waals surface area contributed by atoms with Crippen molar-refractivity contribution in [1.29, 1.82) is 0 Å². The maximum absolute atomic E-state index is 12.2. The summed E-state index contributed by atoms with van der Waals surface area (Å²) in [5.74, 6) is 1.19. The van der Waals surface area contributed by atoms with Gasteiger partial charge < -0.3 is 10.2 Å². The second kappa shape index (κ2) is 5.65.